The Morgan fingerprint density at radius 2 is 1.79 bits per heavy atom. The highest BCUT2D eigenvalue weighted by Gasteiger charge is 2.13. The van der Waals surface area contributed by atoms with Gasteiger partial charge in [0.25, 0.3) is 11.5 Å². The molecule has 0 radical (unpaired) electrons. The number of rotatable bonds is 4. The fraction of sp³-hybridized carbons (Fsp3) is 0.286. The quantitative estimate of drug-likeness (QED) is 0.710. The predicted molar refractivity (Wildman–Crippen MR) is 111 cm³/mol. The number of amides is 1. The molecular formula is C21H22N6O2. The van der Waals surface area contributed by atoms with Gasteiger partial charge in [0.15, 0.2) is 5.82 Å². The largest absolute Gasteiger partial charge is 0.355 e. The lowest BCUT2D eigenvalue weighted by Crippen LogP contribution is -2.25. The summed E-state index contributed by atoms with van der Waals surface area (Å²) in [5.41, 5.74) is 1.98. The Bertz CT molecular complexity index is 1020. The number of hydrogen-bond acceptors (Lipinski definition) is 6. The van der Waals surface area contributed by atoms with Crippen molar-refractivity contribution >= 4 is 17.4 Å². The van der Waals surface area contributed by atoms with Gasteiger partial charge in [-0.3, -0.25) is 9.59 Å². The molecule has 3 aromatic rings. The summed E-state index contributed by atoms with van der Waals surface area (Å²) in [6.45, 7) is 2.04. The van der Waals surface area contributed by atoms with E-state index in [2.05, 4.69) is 30.6 Å². The molecule has 1 aromatic carbocycles. The van der Waals surface area contributed by atoms with Crippen molar-refractivity contribution in [2.75, 3.05) is 23.3 Å². The highest BCUT2D eigenvalue weighted by molar-refractivity contribution is 6.02. The zero-order valence-corrected chi connectivity index (χ0v) is 16.0. The molecule has 1 saturated heterocycles. The molecule has 1 amide bonds. The Labute approximate surface area is 168 Å². The van der Waals surface area contributed by atoms with E-state index in [0.717, 1.165) is 30.2 Å². The van der Waals surface area contributed by atoms with E-state index in [4.69, 9.17) is 0 Å². The molecule has 4 rings (SSSR count). The van der Waals surface area contributed by atoms with Gasteiger partial charge in [0, 0.05) is 30.4 Å². The molecule has 148 valence electrons. The molecule has 3 heterocycles. The van der Waals surface area contributed by atoms with Crippen LogP contribution in [0.4, 0.5) is 11.5 Å². The van der Waals surface area contributed by atoms with Gasteiger partial charge < -0.3 is 10.2 Å². The van der Waals surface area contributed by atoms with Crippen molar-refractivity contribution in [3.05, 3.63) is 64.6 Å². The van der Waals surface area contributed by atoms with E-state index in [0.29, 0.717) is 5.69 Å². The summed E-state index contributed by atoms with van der Waals surface area (Å²) in [4.78, 5) is 25.7. The van der Waals surface area contributed by atoms with Crippen LogP contribution < -0.4 is 15.8 Å². The molecule has 1 fully saturated rings. The highest BCUT2D eigenvalue weighted by atomic mass is 16.2. The van der Waals surface area contributed by atoms with Gasteiger partial charge in [0.05, 0.1) is 5.69 Å². The molecule has 8 nitrogen and oxygen atoms in total. The number of benzene rings is 1. The van der Waals surface area contributed by atoms with Crippen LogP contribution in [0.25, 0.3) is 11.3 Å². The summed E-state index contributed by atoms with van der Waals surface area (Å²) >= 11 is 0. The minimum atomic E-state index is -0.402. The Hall–Kier alpha value is -3.55. The van der Waals surface area contributed by atoms with Crippen LogP contribution in [0.1, 0.15) is 36.2 Å². The summed E-state index contributed by atoms with van der Waals surface area (Å²) in [7, 11) is 0. The number of aromatic amines is 1. The smallest absolute Gasteiger partial charge is 0.276 e. The first kappa shape index (κ1) is 18.8. The zero-order valence-electron chi connectivity index (χ0n) is 16.0. The van der Waals surface area contributed by atoms with Crippen LogP contribution in [-0.2, 0) is 0 Å². The second-order valence-corrected chi connectivity index (χ2v) is 7.02. The van der Waals surface area contributed by atoms with Gasteiger partial charge in [-0.25, -0.2) is 5.10 Å². The number of carbonyl (C=O) groups is 1. The second-order valence-electron chi connectivity index (χ2n) is 7.02. The van der Waals surface area contributed by atoms with Gasteiger partial charge in [0.2, 0.25) is 0 Å². The third-order valence-electron chi connectivity index (χ3n) is 4.91. The number of hydrogen-bond donors (Lipinski definition) is 2. The van der Waals surface area contributed by atoms with E-state index in [1.54, 1.807) is 6.07 Å². The molecule has 29 heavy (non-hydrogen) atoms. The SMILES string of the molecule is O=C(Nc1cccc(-c2ccc(N3CCCCCC3)nn2)c1)c1ccc(=O)[nH]n1. The lowest BCUT2D eigenvalue weighted by molar-refractivity contribution is 0.102. The number of aromatic nitrogens is 4. The van der Waals surface area contributed by atoms with Crippen molar-refractivity contribution in [3.63, 3.8) is 0 Å². The Kier molecular flexibility index (Phi) is 5.60. The molecule has 2 N–H and O–H groups in total. The molecular weight excluding hydrogens is 368 g/mol. The molecule has 0 spiro atoms. The first-order valence-corrected chi connectivity index (χ1v) is 9.75. The maximum atomic E-state index is 12.3. The second kappa shape index (κ2) is 8.64. The fourth-order valence-corrected chi connectivity index (χ4v) is 3.37. The van der Waals surface area contributed by atoms with E-state index in [1.807, 2.05) is 30.3 Å². The lowest BCUT2D eigenvalue weighted by atomic mass is 10.1. The molecule has 8 heteroatoms. The minimum Gasteiger partial charge on any atom is -0.355 e. The average Bonchev–Trinajstić information content (AvgIpc) is 3.04. The summed E-state index contributed by atoms with van der Waals surface area (Å²) in [5.74, 6) is 0.505. The number of nitrogens with zero attached hydrogens (tertiary/aromatic N) is 4. The van der Waals surface area contributed by atoms with Crippen LogP contribution in [0.2, 0.25) is 0 Å². The maximum Gasteiger partial charge on any atom is 0.276 e. The minimum absolute atomic E-state index is 0.136. The molecule has 0 aliphatic carbocycles. The summed E-state index contributed by atoms with van der Waals surface area (Å²) < 4.78 is 0. The first-order valence-electron chi connectivity index (χ1n) is 9.75. The summed E-state index contributed by atoms with van der Waals surface area (Å²) in [5, 5.41) is 17.6. The zero-order chi connectivity index (χ0) is 20.1. The topological polar surface area (TPSA) is 104 Å². The maximum absolute atomic E-state index is 12.3. The van der Waals surface area contributed by atoms with Gasteiger partial charge >= 0.3 is 0 Å². The highest BCUT2D eigenvalue weighted by Crippen LogP contribution is 2.23. The molecule has 0 saturated carbocycles. The van der Waals surface area contributed by atoms with Gasteiger partial charge in [-0.1, -0.05) is 25.0 Å². The average molecular weight is 390 g/mol. The van der Waals surface area contributed by atoms with Crippen LogP contribution in [0, 0.1) is 0 Å². The third-order valence-corrected chi connectivity index (χ3v) is 4.91. The fourth-order valence-electron chi connectivity index (χ4n) is 3.37. The van der Waals surface area contributed by atoms with Crippen molar-refractivity contribution in [2.24, 2.45) is 0 Å². The van der Waals surface area contributed by atoms with Crippen molar-refractivity contribution in [3.8, 4) is 11.3 Å². The predicted octanol–water partition coefficient (Wildman–Crippen LogP) is 2.86. The van der Waals surface area contributed by atoms with Crippen molar-refractivity contribution in [2.45, 2.75) is 25.7 Å². The molecule has 1 aliphatic heterocycles. The number of nitrogens with one attached hydrogen (secondary N) is 2. The summed E-state index contributed by atoms with van der Waals surface area (Å²) in [6.07, 6.45) is 4.93. The van der Waals surface area contributed by atoms with E-state index in [1.165, 1.54) is 37.8 Å². The third kappa shape index (κ3) is 4.66. The van der Waals surface area contributed by atoms with Crippen LogP contribution in [-0.4, -0.2) is 39.4 Å². The Balaban J connectivity index is 1.48. The van der Waals surface area contributed by atoms with Crippen LogP contribution in [0.5, 0.6) is 0 Å². The van der Waals surface area contributed by atoms with Gasteiger partial charge in [0.1, 0.15) is 5.69 Å². The van der Waals surface area contributed by atoms with Crippen molar-refractivity contribution in [1.82, 2.24) is 20.4 Å². The van der Waals surface area contributed by atoms with E-state index in [-0.39, 0.29) is 11.3 Å². The van der Waals surface area contributed by atoms with Crippen LogP contribution in [0.15, 0.2) is 53.3 Å². The Morgan fingerprint density at radius 1 is 0.966 bits per heavy atom. The van der Waals surface area contributed by atoms with Gasteiger partial charge in [-0.15, -0.1) is 10.2 Å². The number of anilines is 2. The van der Waals surface area contributed by atoms with E-state index >= 15 is 0 Å². The number of H-pyrrole nitrogens is 1. The summed E-state index contributed by atoms with van der Waals surface area (Å²) in [6, 6.07) is 14.0. The van der Waals surface area contributed by atoms with E-state index < -0.39 is 5.91 Å². The van der Waals surface area contributed by atoms with Gasteiger partial charge in [-0.05, 0) is 43.2 Å². The molecule has 0 atom stereocenters. The molecule has 0 unspecified atom stereocenters. The van der Waals surface area contributed by atoms with E-state index in [9.17, 15) is 9.59 Å². The van der Waals surface area contributed by atoms with Crippen LogP contribution in [0.3, 0.4) is 0 Å². The monoisotopic (exact) mass is 390 g/mol. The molecule has 0 bridgehead atoms. The molecule has 1 aliphatic rings. The van der Waals surface area contributed by atoms with Gasteiger partial charge in [-0.2, -0.15) is 5.10 Å². The molecule has 2 aromatic heterocycles. The van der Waals surface area contributed by atoms with Crippen LogP contribution >= 0.6 is 0 Å². The first-order chi connectivity index (χ1) is 14.2. The standard InChI is InChI=1S/C21H22N6O2/c28-20-11-9-18(24-26-20)21(29)22-16-7-5-6-15(14-16)17-8-10-19(25-23-17)27-12-3-1-2-4-13-27/h5-11,14H,1-4,12-13H2,(H,22,29)(H,26,28). The lowest BCUT2D eigenvalue weighted by Gasteiger charge is -2.20. The Morgan fingerprint density at radius 3 is 2.48 bits per heavy atom. The number of carbonyl (C=O) groups excluding carboxylic acids is 1. The van der Waals surface area contributed by atoms with Crippen molar-refractivity contribution in [1.29, 1.82) is 0 Å². The normalized spacial score (nSPS) is 14.3. The van der Waals surface area contributed by atoms with Crippen molar-refractivity contribution < 1.29 is 4.79 Å².